The van der Waals surface area contributed by atoms with Crippen molar-refractivity contribution in [3.05, 3.63) is 71.8 Å². The molecule has 0 bridgehead atoms. The molecule has 1 aliphatic rings. The second-order valence-electron chi connectivity index (χ2n) is 7.30. The lowest BCUT2D eigenvalue weighted by atomic mass is 9.94. The van der Waals surface area contributed by atoms with Gasteiger partial charge in [-0.05, 0) is 38.9 Å². The molecule has 0 aromatic heterocycles. The first-order chi connectivity index (χ1) is 13.9. The fourth-order valence-corrected chi connectivity index (χ4v) is 3.53. The van der Waals surface area contributed by atoms with E-state index in [0.29, 0.717) is 18.1 Å². The molecule has 5 heteroatoms. The lowest BCUT2D eigenvalue weighted by Crippen LogP contribution is -2.55. The molecule has 2 aromatic rings. The molecule has 3 N–H and O–H groups in total. The Morgan fingerprint density at radius 2 is 1.34 bits per heavy atom. The van der Waals surface area contributed by atoms with Crippen LogP contribution in [-0.4, -0.2) is 53.1 Å². The summed E-state index contributed by atoms with van der Waals surface area (Å²) in [5.41, 5.74) is 7.56. The van der Waals surface area contributed by atoms with Gasteiger partial charge in [0.15, 0.2) is 0 Å². The van der Waals surface area contributed by atoms with E-state index in [9.17, 15) is 0 Å². The summed E-state index contributed by atoms with van der Waals surface area (Å²) < 4.78 is 0. The zero-order valence-electron chi connectivity index (χ0n) is 18.8. The zero-order chi connectivity index (χ0) is 21.8. The number of amidine groups is 1. The van der Waals surface area contributed by atoms with Gasteiger partial charge in [-0.2, -0.15) is 0 Å². The van der Waals surface area contributed by atoms with Crippen LogP contribution in [0, 0.1) is 0 Å². The highest BCUT2D eigenvalue weighted by molar-refractivity contribution is 5.76. The molecular weight excluding hydrogens is 360 g/mol. The molecule has 1 fully saturated rings. The maximum atomic E-state index is 7.61. The molecule has 0 spiro atoms. The van der Waals surface area contributed by atoms with Crippen molar-refractivity contribution in [2.24, 2.45) is 10.9 Å². The van der Waals surface area contributed by atoms with E-state index >= 15 is 0 Å². The monoisotopic (exact) mass is 398 g/mol. The van der Waals surface area contributed by atoms with Crippen molar-refractivity contribution in [3.8, 4) is 0 Å². The summed E-state index contributed by atoms with van der Waals surface area (Å²) in [6.45, 7) is 12.4. The van der Waals surface area contributed by atoms with Gasteiger partial charge in [-0.3, -0.25) is 4.90 Å². The number of likely N-dealkylation sites (N-methyl/N-ethyl adjacent to an activating group) is 1. The van der Waals surface area contributed by atoms with Crippen LogP contribution in [0.4, 0.5) is 0 Å². The number of hydrogen-bond donors (Lipinski definition) is 2. The molecule has 2 unspecified atom stereocenters. The molecule has 160 valence electrons. The molecule has 0 amide bonds. The first kappa shape index (κ1) is 24.7. The second-order valence-corrected chi connectivity index (χ2v) is 7.30. The summed E-state index contributed by atoms with van der Waals surface area (Å²) >= 11 is 0. The maximum absolute atomic E-state index is 7.61. The fraction of sp³-hybridized carbons (Fsp3) is 0.458. The second kappa shape index (κ2) is 13.0. The highest BCUT2D eigenvalue weighted by Crippen LogP contribution is 2.32. The first-order valence-corrected chi connectivity index (χ1v) is 10.4. The van der Waals surface area contributed by atoms with Crippen molar-refractivity contribution in [2.75, 3.05) is 20.1 Å². The van der Waals surface area contributed by atoms with Crippen LogP contribution in [0.2, 0.25) is 0 Å². The van der Waals surface area contributed by atoms with E-state index in [4.69, 9.17) is 10.9 Å². The van der Waals surface area contributed by atoms with Gasteiger partial charge in [0, 0.05) is 25.2 Å². The average molecular weight is 399 g/mol. The molecule has 1 aliphatic heterocycles. The summed E-state index contributed by atoms with van der Waals surface area (Å²) in [4.78, 5) is 5.13. The number of nitrogens with zero attached hydrogens (tertiary/aromatic N) is 3. The molecule has 2 aromatic carbocycles. The molecule has 0 radical (unpaired) electrons. The highest BCUT2D eigenvalue weighted by Gasteiger charge is 2.33. The van der Waals surface area contributed by atoms with Gasteiger partial charge in [0.05, 0.1) is 6.04 Å². The van der Waals surface area contributed by atoms with E-state index in [0.717, 1.165) is 13.1 Å². The number of nitrogens with two attached hydrogens (primary N) is 1. The van der Waals surface area contributed by atoms with Gasteiger partial charge in [0.2, 0.25) is 0 Å². The number of hydrogen-bond acceptors (Lipinski definition) is 4. The topological polar surface area (TPSA) is 65.1 Å². The Labute approximate surface area is 176 Å². The molecule has 29 heavy (non-hydrogen) atoms. The number of rotatable bonds is 3. The molecule has 0 aliphatic carbocycles. The van der Waals surface area contributed by atoms with E-state index in [1.807, 2.05) is 13.8 Å². The zero-order valence-corrected chi connectivity index (χ0v) is 18.8. The Kier molecular flexibility index (Phi) is 11.0. The maximum Gasteiger partial charge on any atom is 0.135 e. The summed E-state index contributed by atoms with van der Waals surface area (Å²) in [6, 6.07) is 23.3. The van der Waals surface area contributed by atoms with Gasteiger partial charge < -0.3 is 15.8 Å². The minimum atomic E-state index is 0.185. The van der Waals surface area contributed by atoms with E-state index < -0.39 is 0 Å². The van der Waals surface area contributed by atoms with Gasteiger partial charge in [-0.25, -0.2) is 0 Å². The summed E-state index contributed by atoms with van der Waals surface area (Å²) in [5, 5.41) is 10.2. The standard InChI is InChI=1S/C20H26N2.C2H6N2O.C2H6/c1-16-15-22(17(2)14-21(16)3)20(18-10-6-4-7-11-18)19-12-8-5-9-13-19;1-2(3)4-5;1-2/h4-13,16-17,20H,14-15H2,1-3H3;5H,1H3,(H2,3,4);1-2H3. The van der Waals surface area contributed by atoms with Crippen molar-refractivity contribution >= 4 is 5.84 Å². The third-order valence-corrected chi connectivity index (χ3v) is 5.07. The molecule has 1 heterocycles. The van der Waals surface area contributed by atoms with Gasteiger partial charge in [-0.1, -0.05) is 79.7 Å². The van der Waals surface area contributed by atoms with Crippen molar-refractivity contribution in [3.63, 3.8) is 0 Å². The van der Waals surface area contributed by atoms with Gasteiger partial charge in [0.25, 0.3) is 0 Å². The Balaban J connectivity index is 0.000000527. The van der Waals surface area contributed by atoms with Crippen LogP contribution in [0.1, 0.15) is 51.8 Å². The summed E-state index contributed by atoms with van der Waals surface area (Å²) in [7, 11) is 2.23. The first-order valence-electron chi connectivity index (χ1n) is 10.4. The number of oxime groups is 1. The van der Waals surface area contributed by atoms with Gasteiger partial charge in [0.1, 0.15) is 5.84 Å². The van der Waals surface area contributed by atoms with Crippen molar-refractivity contribution in [1.29, 1.82) is 0 Å². The molecule has 1 saturated heterocycles. The van der Waals surface area contributed by atoms with Crippen LogP contribution < -0.4 is 5.73 Å². The minimum Gasteiger partial charge on any atom is -0.409 e. The average Bonchev–Trinajstić information content (AvgIpc) is 2.75. The van der Waals surface area contributed by atoms with E-state index in [-0.39, 0.29) is 5.84 Å². The normalized spacial score (nSPS) is 20.3. The van der Waals surface area contributed by atoms with Crippen molar-refractivity contribution in [1.82, 2.24) is 9.80 Å². The molecule has 2 atom stereocenters. The highest BCUT2D eigenvalue weighted by atomic mass is 16.4. The largest absolute Gasteiger partial charge is 0.409 e. The Morgan fingerprint density at radius 1 is 0.931 bits per heavy atom. The van der Waals surface area contributed by atoms with Crippen LogP contribution in [0.25, 0.3) is 0 Å². The van der Waals surface area contributed by atoms with E-state index in [1.54, 1.807) is 0 Å². The molecule has 3 rings (SSSR count). The van der Waals surface area contributed by atoms with Gasteiger partial charge in [-0.15, -0.1) is 0 Å². The third kappa shape index (κ3) is 7.52. The Morgan fingerprint density at radius 3 is 1.72 bits per heavy atom. The number of benzene rings is 2. The SMILES string of the molecule is C/C(N)=N/O.CC.CC1CN(C(c2ccccc2)c2ccccc2)C(C)CN1C. The minimum absolute atomic E-state index is 0.185. The van der Waals surface area contributed by atoms with Crippen LogP contribution in [0.5, 0.6) is 0 Å². The van der Waals surface area contributed by atoms with Crippen LogP contribution in [-0.2, 0) is 0 Å². The van der Waals surface area contributed by atoms with E-state index in [1.165, 1.54) is 18.1 Å². The van der Waals surface area contributed by atoms with Crippen LogP contribution >= 0.6 is 0 Å². The smallest absolute Gasteiger partial charge is 0.135 e. The lowest BCUT2D eigenvalue weighted by Gasteiger charge is -2.46. The van der Waals surface area contributed by atoms with Crippen molar-refractivity contribution in [2.45, 2.75) is 52.7 Å². The molecule has 5 nitrogen and oxygen atoms in total. The Hall–Kier alpha value is -2.37. The quantitative estimate of drug-likeness (QED) is 0.344. The molecule has 0 saturated carbocycles. The molecular formula is C24H38N4O. The number of piperazine rings is 1. The summed E-state index contributed by atoms with van der Waals surface area (Å²) in [6.07, 6.45) is 0. The van der Waals surface area contributed by atoms with E-state index in [2.05, 4.69) is 96.5 Å². The lowest BCUT2D eigenvalue weighted by molar-refractivity contribution is 0.0390. The van der Waals surface area contributed by atoms with Gasteiger partial charge >= 0.3 is 0 Å². The van der Waals surface area contributed by atoms with Crippen LogP contribution in [0.15, 0.2) is 65.8 Å². The summed E-state index contributed by atoms with van der Waals surface area (Å²) in [5.74, 6) is 0.185. The van der Waals surface area contributed by atoms with Crippen molar-refractivity contribution < 1.29 is 5.21 Å². The predicted octanol–water partition coefficient (Wildman–Crippen LogP) is 4.58. The third-order valence-electron chi connectivity index (χ3n) is 5.07. The predicted molar refractivity (Wildman–Crippen MR) is 123 cm³/mol. The Bertz CT molecular complexity index is 662. The van der Waals surface area contributed by atoms with Crippen LogP contribution in [0.3, 0.4) is 0 Å². The fourth-order valence-electron chi connectivity index (χ4n) is 3.53.